The first-order valence-corrected chi connectivity index (χ1v) is 12.1. The topological polar surface area (TPSA) is 112 Å². The van der Waals surface area contributed by atoms with Gasteiger partial charge in [-0.2, -0.15) is 4.98 Å². The lowest BCUT2D eigenvalue weighted by Gasteiger charge is -2.34. The Morgan fingerprint density at radius 1 is 1.14 bits per heavy atom. The molecule has 0 radical (unpaired) electrons. The number of pyridine rings is 1. The van der Waals surface area contributed by atoms with Gasteiger partial charge in [0.05, 0.1) is 11.2 Å². The van der Waals surface area contributed by atoms with E-state index in [4.69, 9.17) is 5.11 Å². The van der Waals surface area contributed by atoms with Crippen molar-refractivity contribution >= 4 is 34.6 Å². The molecule has 6 rings (SSSR count). The van der Waals surface area contributed by atoms with Crippen molar-refractivity contribution in [1.29, 1.82) is 0 Å². The number of amides is 1. The Bertz CT molecular complexity index is 1450. The summed E-state index contributed by atoms with van der Waals surface area (Å²) in [6, 6.07) is 6.83. The fourth-order valence-electron chi connectivity index (χ4n) is 4.50. The average molecular weight is 493 g/mol. The highest BCUT2D eigenvalue weighted by Gasteiger charge is 2.23. The smallest absolute Gasteiger partial charge is 0.407 e. The van der Waals surface area contributed by atoms with Crippen molar-refractivity contribution in [2.24, 2.45) is 4.99 Å². The van der Waals surface area contributed by atoms with Crippen molar-refractivity contribution in [3.05, 3.63) is 52.8 Å². The zero-order chi connectivity index (χ0) is 23.9. The monoisotopic (exact) mass is 492 g/mol. The van der Waals surface area contributed by atoms with Crippen LogP contribution in [0.5, 0.6) is 0 Å². The van der Waals surface area contributed by atoms with Gasteiger partial charge in [-0.25, -0.2) is 24.1 Å². The molecule has 0 aliphatic carbocycles. The number of aromatic nitrogens is 4. The van der Waals surface area contributed by atoms with Crippen LogP contribution in [0.3, 0.4) is 0 Å². The van der Waals surface area contributed by atoms with E-state index in [0.29, 0.717) is 31.9 Å². The van der Waals surface area contributed by atoms with Crippen LogP contribution in [0, 0.1) is 5.82 Å². The minimum absolute atomic E-state index is 0.149. The number of benzene rings is 1. The van der Waals surface area contributed by atoms with Crippen molar-refractivity contribution in [2.75, 3.05) is 42.9 Å². The molecule has 1 saturated heterocycles. The molecule has 1 fully saturated rings. The van der Waals surface area contributed by atoms with Crippen LogP contribution in [0.15, 0.2) is 46.3 Å². The van der Waals surface area contributed by atoms with E-state index < -0.39 is 11.9 Å². The van der Waals surface area contributed by atoms with E-state index in [-0.39, 0.29) is 11.3 Å². The van der Waals surface area contributed by atoms with E-state index in [9.17, 15) is 9.18 Å². The van der Waals surface area contributed by atoms with Gasteiger partial charge in [0.2, 0.25) is 0 Å². The van der Waals surface area contributed by atoms with E-state index in [1.807, 2.05) is 16.3 Å². The number of rotatable bonds is 3. The summed E-state index contributed by atoms with van der Waals surface area (Å²) in [5, 5.41) is 14.5. The molecule has 178 valence electrons. The highest BCUT2D eigenvalue weighted by atomic mass is 32.1. The lowest BCUT2D eigenvalue weighted by atomic mass is 10.1. The second-order valence-corrected chi connectivity index (χ2v) is 9.03. The van der Waals surface area contributed by atoms with Crippen LogP contribution < -0.4 is 15.8 Å². The summed E-state index contributed by atoms with van der Waals surface area (Å²) in [4.78, 5) is 32.2. The van der Waals surface area contributed by atoms with Crippen LogP contribution >= 0.6 is 11.3 Å². The molecule has 0 spiro atoms. The van der Waals surface area contributed by atoms with Gasteiger partial charge in [-0.15, -0.1) is 11.3 Å². The number of carbonyl (C=O) groups is 1. The fourth-order valence-corrected chi connectivity index (χ4v) is 5.05. The molecule has 2 N–H and O–H groups in total. The Balaban J connectivity index is 1.32. The number of piperazine rings is 1. The van der Waals surface area contributed by atoms with Crippen LogP contribution in [-0.2, 0) is 6.54 Å². The number of halogens is 1. The maximum atomic E-state index is 14.9. The first-order chi connectivity index (χ1) is 17.1. The minimum Gasteiger partial charge on any atom is -0.465 e. The van der Waals surface area contributed by atoms with Crippen LogP contribution in [-0.4, -0.2) is 68.3 Å². The van der Waals surface area contributed by atoms with E-state index in [1.165, 1.54) is 11.0 Å². The molecule has 0 saturated carbocycles. The largest absolute Gasteiger partial charge is 0.465 e. The highest BCUT2D eigenvalue weighted by Crippen LogP contribution is 2.36. The van der Waals surface area contributed by atoms with Crippen LogP contribution in [0.25, 0.3) is 22.6 Å². The van der Waals surface area contributed by atoms with Gasteiger partial charge < -0.3 is 24.8 Å². The molecule has 12 heteroatoms. The van der Waals surface area contributed by atoms with Crippen molar-refractivity contribution in [3.8, 4) is 22.6 Å². The number of thiazole rings is 1. The molecule has 0 atom stereocenters. The van der Waals surface area contributed by atoms with Gasteiger partial charge in [-0.3, -0.25) is 0 Å². The van der Waals surface area contributed by atoms with Crippen molar-refractivity contribution in [2.45, 2.75) is 6.54 Å². The van der Waals surface area contributed by atoms with Crippen LogP contribution in [0.1, 0.15) is 0 Å². The third-order valence-corrected chi connectivity index (χ3v) is 6.85. The maximum absolute atomic E-state index is 14.9. The summed E-state index contributed by atoms with van der Waals surface area (Å²) < 4.78 is 17.0. The number of anilines is 2. The molecule has 2 aromatic rings. The van der Waals surface area contributed by atoms with Gasteiger partial charge in [0.1, 0.15) is 17.3 Å². The number of nitrogens with zero attached hydrogens (tertiary/aromatic N) is 7. The third kappa shape index (κ3) is 3.95. The Kier molecular flexibility index (Phi) is 5.29. The predicted molar refractivity (Wildman–Crippen MR) is 130 cm³/mol. The van der Waals surface area contributed by atoms with Crippen molar-refractivity contribution in [1.82, 2.24) is 24.4 Å². The number of hydrogen-bond acceptors (Lipinski definition) is 8. The Hall–Kier alpha value is -4.06. The zero-order valence-electron chi connectivity index (χ0n) is 18.6. The number of hydrogen-bond donors (Lipinski definition) is 2. The molecule has 1 aromatic carbocycles. The Morgan fingerprint density at radius 2 is 2.00 bits per heavy atom. The quantitative estimate of drug-likeness (QED) is 0.452. The van der Waals surface area contributed by atoms with Gasteiger partial charge >= 0.3 is 6.09 Å². The second kappa shape index (κ2) is 8.62. The van der Waals surface area contributed by atoms with Gasteiger partial charge in [0.15, 0.2) is 5.82 Å². The van der Waals surface area contributed by atoms with E-state index in [2.05, 4.69) is 29.8 Å². The maximum Gasteiger partial charge on any atom is 0.407 e. The molecule has 1 aromatic heterocycles. The number of carboxylic acid groups (broad SMARTS) is 1. The summed E-state index contributed by atoms with van der Waals surface area (Å²) in [7, 11) is 0. The molecule has 0 bridgehead atoms. The van der Waals surface area contributed by atoms with Gasteiger partial charge in [0, 0.05) is 67.7 Å². The third-order valence-electron chi connectivity index (χ3n) is 6.27. The summed E-state index contributed by atoms with van der Waals surface area (Å²) >= 11 is 1.54. The molecular formula is C23H21FN8O2S. The normalized spacial score (nSPS) is 16.0. The first-order valence-electron chi connectivity index (χ1n) is 11.2. The number of nitrogens with one attached hydrogen (secondary N) is 1. The van der Waals surface area contributed by atoms with Crippen LogP contribution in [0.4, 0.5) is 26.4 Å². The minimum atomic E-state index is -0.931. The number of fused-ring (bicyclic) bond motifs is 3. The molecule has 10 nitrogen and oxygen atoms in total. The average Bonchev–Trinajstić information content (AvgIpc) is 3.58. The first kappa shape index (κ1) is 21.5. The summed E-state index contributed by atoms with van der Waals surface area (Å²) in [5.74, 6) is 1.20. The molecule has 5 heterocycles. The molecule has 4 aliphatic heterocycles. The van der Waals surface area contributed by atoms with Crippen molar-refractivity contribution < 1.29 is 14.3 Å². The van der Waals surface area contributed by atoms with E-state index >= 15 is 0 Å². The molecule has 0 unspecified atom stereocenters. The Labute approximate surface area is 203 Å². The lowest BCUT2D eigenvalue weighted by molar-refractivity contribution is 0.142. The van der Waals surface area contributed by atoms with Crippen LogP contribution in [0.2, 0.25) is 0 Å². The van der Waals surface area contributed by atoms with E-state index in [0.717, 1.165) is 41.6 Å². The second-order valence-electron chi connectivity index (χ2n) is 8.31. The van der Waals surface area contributed by atoms with Gasteiger partial charge in [-0.05, 0) is 24.3 Å². The standard InChI is InChI=1S/C23H21FN8O2S/c24-17-10-15(30-5-7-31(8-6-30)23(33)34)1-2-18(17)28-22-26-11-14-9-16(19-12-35-13-27-19)21-25-3-4-32(21)20(14)29-22/h1-2,9-13,25H,3-8H2,(H,33,34). The molecule has 35 heavy (non-hydrogen) atoms. The Morgan fingerprint density at radius 3 is 2.74 bits per heavy atom. The SMILES string of the molecule is O=C(O)N1CCN(c2ccc(N=c3ncc4cc(-c5cscn5)c5n(c-4n3)CCN5)c(F)c2)CC1. The van der Waals surface area contributed by atoms with E-state index in [1.54, 1.807) is 35.2 Å². The van der Waals surface area contributed by atoms with Crippen molar-refractivity contribution in [3.63, 3.8) is 0 Å². The molecular weight excluding hydrogens is 471 g/mol. The lowest BCUT2D eigenvalue weighted by Crippen LogP contribution is -2.48. The summed E-state index contributed by atoms with van der Waals surface area (Å²) in [6.07, 6.45) is 0.774. The highest BCUT2D eigenvalue weighted by molar-refractivity contribution is 7.07. The van der Waals surface area contributed by atoms with Gasteiger partial charge in [-0.1, -0.05) is 0 Å². The molecule has 1 amide bonds. The summed E-state index contributed by atoms with van der Waals surface area (Å²) in [6.45, 7) is 3.32. The zero-order valence-corrected chi connectivity index (χ0v) is 19.4. The predicted octanol–water partition coefficient (Wildman–Crippen LogP) is 3.10. The van der Waals surface area contributed by atoms with Gasteiger partial charge in [0.25, 0.3) is 5.62 Å². The fraction of sp³-hybridized carbons (Fsp3) is 0.261. The summed E-state index contributed by atoms with van der Waals surface area (Å²) in [5.41, 5.74) is 5.58. The molecule has 4 aliphatic rings.